The highest BCUT2D eigenvalue weighted by Crippen LogP contribution is 2.26. The first-order valence-corrected chi connectivity index (χ1v) is 6.97. The largest absolute Gasteiger partial charge is 0.495 e. The fourth-order valence-electron chi connectivity index (χ4n) is 2.47. The second-order valence-corrected chi connectivity index (χ2v) is 5.35. The van der Waals surface area contributed by atoms with Gasteiger partial charge in [-0.05, 0) is 43.5 Å². The van der Waals surface area contributed by atoms with Gasteiger partial charge in [0.25, 0.3) is 0 Å². The Bertz CT molecular complexity index is 544. The molecule has 1 heterocycles. The van der Waals surface area contributed by atoms with Crippen LogP contribution in [0.25, 0.3) is 0 Å². The SMILES string of the molecule is COc1ccc(C(=O)O)cc1NC(=O)C1CC(C)CCN1. The number of carboxylic acids is 1. The number of anilines is 1. The smallest absolute Gasteiger partial charge is 0.335 e. The number of carbonyl (C=O) groups excluding carboxylic acids is 1. The van der Waals surface area contributed by atoms with Gasteiger partial charge in [0, 0.05) is 0 Å². The molecule has 0 bridgehead atoms. The molecule has 114 valence electrons. The van der Waals surface area contributed by atoms with Gasteiger partial charge >= 0.3 is 5.97 Å². The first-order valence-electron chi connectivity index (χ1n) is 6.97. The van der Waals surface area contributed by atoms with E-state index >= 15 is 0 Å². The number of aromatic carboxylic acids is 1. The Morgan fingerprint density at radius 2 is 2.19 bits per heavy atom. The van der Waals surface area contributed by atoms with Crippen molar-refractivity contribution >= 4 is 17.6 Å². The van der Waals surface area contributed by atoms with Gasteiger partial charge in [0.1, 0.15) is 5.75 Å². The third kappa shape index (κ3) is 3.72. The van der Waals surface area contributed by atoms with Crippen LogP contribution in [0.2, 0.25) is 0 Å². The standard InChI is InChI=1S/C15H20N2O4/c1-9-5-6-16-12(7-9)14(18)17-11-8-10(15(19)20)3-4-13(11)21-2/h3-4,8-9,12,16H,5-7H2,1-2H3,(H,17,18)(H,19,20). The van der Waals surface area contributed by atoms with Crippen LogP contribution in [0.4, 0.5) is 5.69 Å². The lowest BCUT2D eigenvalue weighted by atomic mass is 9.94. The van der Waals surface area contributed by atoms with Crippen molar-refractivity contribution in [2.45, 2.75) is 25.8 Å². The minimum absolute atomic E-state index is 0.107. The molecule has 21 heavy (non-hydrogen) atoms. The highest BCUT2D eigenvalue weighted by atomic mass is 16.5. The molecule has 1 aromatic carbocycles. The Kier molecular flexibility index (Phi) is 4.80. The van der Waals surface area contributed by atoms with Crippen LogP contribution in [0.1, 0.15) is 30.1 Å². The summed E-state index contributed by atoms with van der Waals surface area (Å²) in [4.78, 5) is 23.3. The lowest BCUT2D eigenvalue weighted by Crippen LogP contribution is -2.45. The molecule has 0 aliphatic carbocycles. The van der Waals surface area contributed by atoms with E-state index in [4.69, 9.17) is 9.84 Å². The van der Waals surface area contributed by atoms with Crippen LogP contribution < -0.4 is 15.4 Å². The summed E-state index contributed by atoms with van der Waals surface area (Å²) in [5, 5.41) is 15.0. The van der Waals surface area contributed by atoms with Gasteiger partial charge < -0.3 is 20.5 Å². The van der Waals surface area contributed by atoms with Gasteiger partial charge in [0.2, 0.25) is 5.91 Å². The van der Waals surface area contributed by atoms with E-state index in [1.165, 1.54) is 25.3 Å². The number of carbonyl (C=O) groups is 2. The molecule has 0 spiro atoms. The molecule has 2 unspecified atom stereocenters. The summed E-state index contributed by atoms with van der Waals surface area (Å²) in [5.41, 5.74) is 0.485. The Morgan fingerprint density at radius 1 is 1.43 bits per heavy atom. The highest BCUT2D eigenvalue weighted by molar-refractivity contribution is 5.98. The molecule has 1 fully saturated rings. The van der Waals surface area contributed by atoms with Crippen LogP contribution in [-0.2, 0) is 4.79 Å². The van der Waals surface area contributed by atoms with E-state index in [1.807, 2.05) is 0 Å². The van der Waals surface area contributed by atoms with Crippen molar-refractivity contribution in [1.82, 2.24) is 5.32 Å². The zero-order valence-corrected chi connectivity index (χ0v) is 12.2. The molecule has 6 heteroatoms. The quantitative estimate of drug-likeness (QED) is 0.786. The number of nitrogens with one attached hydrogen (secondary N) is 2. The summed E-state index contributed by atoms with van der Waals surface area (Å²) < 4.78 is 5.16. The molecule has 1 aliphatic heterocycles. The predicted molar refractivity (Wildman–Crippen MR) is 78.8 cm³/mol. The van der Waals surface area contributed by atoms with Crippen LogP contribution in [0.5, 0.6) is 5.75 Å². The van der Waals surface area contributed by atoms with Crippen LogP contribution >= 0.6 is 0 Å². The molecule has 6 nitrogen and oxygen atoms in total. The lowest BCUT2D eigenvalue weighted by Gasteiger charge is -2.27. The summed E-state index contributed by atoms with van der Waals surface area (Å²) in [6, 6.07) is 4.13. The average Bonchev–Trinajstić information content (AvgIpc) is 2.47. The number of rotatable bonds is 4. The first kappa shape index (κ1) is 15.3. The van der Waals surface area contributed by atoms with Crippen LogP contribution in [0.3, 0.4) is 0 Å². The maximum absolute atomic E-state index is 12.3. The van der Waals surface area contributed by atoms with Crippen molar-refractivity contribution in [1.29, 1.82) is 0 Å². The van der Waals surface area contributed by atoms with Gasteiger partial charge in [-0.3, -0.25) is 4.79 Å². The number of hydrogen-bond donors (Lipinski definition) is 3. The van der Waals surface area contributed by atoms with E-state index in [-0.39, 0.29) is 17.5 Å². The maximum atomic E-state index is 12.3. The van der Waals surface area contributed by atoms with Crippen LogP contribution in [0.15, 0.2) is 18.2 Å². The number of methoxy groups -OCH3 is 1. The number of hydrogen-bond acceptors (Lipinski definition) is 4. The molecule has 0 aromatic heterocycles. The van der Waals surface area contributed by atoms with E-state index in [1.54, 1.807) is 0 Å². The highest BCUT2D eigenvalue weighted by Gasteiger charge is 2.25. The summed E-state index contributed by atoms with van der Waals surface area (Å²) in [6.45, 7) is 2.93. The Balaban J connectivity index is 2.15. The van der Waals surface area contributed by atoms with E-state index in [0.717, 1.165) is 19.4 Å². The molecule has 1 saturated heterocycles. The summed E-state index contributed by atoms with van der Waals surface area (Å²) in [5.74, 6) is -0.272. The van der Waals surface area contributed by atoms with Crippen molar-refractivity contribution in [3.8, 4) is 5.75 Å². The number of piperidine rings is 1. The number of amides is 1. The summed E-state index contributed by atoms with van der Waals surface area (Å²) in [7, 11) is 1.48. The van der Waals surface area contributed by atoms with Crippen LogP contribution in [0, 0.1) is 5.92 Å². The fourth-order valence-corrected chi connectivity index (χ4v) is 2.47. The van der Waals surface area contributed by atoms with Crippen molar-refractivity contribution in [3.05, 3.63) is 23.8 Å². The predicted octanol–water partition coefficient (Wildman–Crippen LogP) is 1.72. The molecule has 2 atom stereocenters. The first-order chi connectivity index (χ1) is 10.0. The van der Waals surface area contributed by atoms with Gasteiger partial charge in [-0.1, -0.05) is 6.92 Å². The zero-order chi connectivity index (χ0) is 15.4. The summed E-state index contributed by atoms with van der Waals surface area (Å²) >= 11 is 0. The van der Waals surface area contributed by atoms with Gasteiger partial charge in [0.05, 0.1) is 24.4 Å². The van der Waals surface area contributed by atoms with E-state index in [0.29, 0.717) is 17.4 Å². The minimum Gasteiger partial charge on any atom is -0.495 e. The molecule has 1 aromatic rings. The van der Waals surface area contributed by atoms with E-state index < -0.39 is 5.97 Å². The zero-order valence-electron chi connectivity index (χ0n) is 12.2. The Hall–Kier alpha value is -2.08. The molecule has 3 N–H and O–H groups in total. The van der Waals surface area contributed by atoms with Gasteiger partial charge in [0.15, 0.2) is 0 Å². The summed E-state index contributed by atoms with van der Waals surface area (Å²) in [6.07, 6.45) is 1.83. The minimum atomic E-state index is -1.04. The Labute approximate surface area is 123 Å². The second kappa shape index (κ2) is 6.58. The normalized spacial score (nSPS) is 21.6. The molecular formula is C15H20N2O4. The van der Waals surface area contributed by atoms with Crippen molar-refractivity contribution in [2.24, 2.45) is 5.92 Å². The average molecular weight is 292 g/mol. The van der Waals surface area contributed by atoms with Crippen molar-refractivity contribution in [2.75, 3.05) is 19.0 Å². The van der Waals surface area contributed by atoms with Gasteiger partial charge in [-0.15, -0.1) is 0 Å². The van der Waals surface area contributed by atoms with Crippen molar-refractivity contribution < 1.29 is 19.4 Å². The second-order valence-electron chi connectivity index (χ2n) is 5.35. The van der Waals surface area contributed by atoms with Crippen LogP contribution in [-0.4, -0.2) is 36.7 Å². The molecule has 2 rings (SSSR count). The third-order valence-corrected chi connectivity index (χ3v) is 3.69. The van der Waals surface area contributed by atoms with Crippen molar-refractivity contribution in [3.63, 3.8) is 0 Å². The van der Waals surface area contributed by atoms with E-state index in [2.05, 4.69) is 17.6 Å². The fraction of sp³-hybridized carbons (Fsp3) is 0.467. The lowest BCUT2D eigenvalue weighted by molar-refractivity contribution is -0.119. The van der Waals surface area contributed by atoms with E-state index in [9.17, 15) is 9.59 Å². The molecule has 0 radical (unpaired) electrons. The number of benzene rings is 1. The Morgan fingerprint density at radius 3 is 2.81 bits per heavy atom. The monoisotopic (exact) mass is 292 g/mol. The topological polar surface area (TPSA) is 87.7 Å². The maximum Gasteiger partial charge on any atom is 0.335 e. The van der Waals surface area contributed by atoms with Gasteiger partial charge in [-0.2, -0.15) is 0 Å². The molecular weight excluding hydrogens is 272 g/mol. The van der Waals surface area contributed by atoms with Gasteiger partial charge in [-0.25, -0.2) is 4.79 Å². The molecule has 1 amide bonds. The number of carboxylic acid groups (broad SMARTS) is 1. The number of ether oxygens (including phenoxy) is 1. The third-order valence-electron chi connectivity index (χ3n) is 3.69. The molecule has 1 aliphatic rings. The molecule has 0 saturated carbocycles.